The third-order valence-electron chi connectivity index (χ3n) is 3.64. The third-order valence-corrected chi connectivity index (χ3v) is 3.64. The van der Waals surface area contributed by atoms with E-state index in [-0.39, 0.29) is 0 Å². The fourth-order valence-electron chi connectivity index (χ4n) is 2.21. The van der Waals surface area contributed by atoms with Crippen molar-refractivity contribution in [2.24, 2.45) is 17.6 Å². The number of nitrogens with zero attached hydrogens (tertiary/aromatic N) is 2. The molecule has 96 valence electrons. The van der Waals surface area contributed by atoms with Crippen LogP contribution < -0.4 is 5.73 Å². The summed E-state index contributed by atoms with van der Waals surface area (Å²) >= 11 is 0. The molecule has 1 heterocycles. The number of rotatable bonds is 7. The molecule has 1 saturated carbocycles. The Morgan fingerprint density at radius 3 is 2.71 bits per heavy atom. The van der Waals surface area contributed by atoms with Crippen molar-refractivity contribution < 1.29 is 4.52 Å². The summed E-state index contributed by atoms with van der Waals surface area (Å²) in [6, 6.07) is 0. The maximum absolute atomic E-state index is 5.64. The van der Waals surface area contributed by atoms with Crippen molar-refractivity contribution in [1.82, 2.24) is 10.1 Å². The number of hydrogen-bond donors (Lipinski definition) is 1. The highest BCUT2D eigenvalue weighted by atomic mass is 16.5. The Bertz CT molecular complexity index is 344. The minimum absolute atomic E-state index is 0.581. The molecule has 1 aromatic heterocycles. The molecule has 1 unspecified atom stereocenters. The van der Waals surface area contributed by atoms with Crippen LogP contribution in [0.4, 0.5) is 0 Å². The van der Waals surface area contributed by atoms with Gasteiger partial charge >= 0.3 is 0 Å². The van der Waals surface area contributed by atoms with Gasteiger partial charge in [-0.15, -0.1) is 0 Å². The summed E-state index contributed by atoms with van der Waals surface area (Å²) in [6.45, 7) is 5.27. The van der Waals surface area contributed by atoms with Gasteiger partial charge in [0.1, 0.15) is 0 Å². The van der Waals surface area contributed by atoms with Crippen molar-refractivity contribution in [2.45, 2.75) is 51.9 Å². The molecule has 4 heteroatoms. The molecule has 0 bridgehead atoms. The number of nitrogens with two attached hydrogens (primary N) is 1. The SMILES string of the molecule is CC(C)C(CCN)CCc1nc(C2CC2)no1. The van der Waals surface area contributed by atoms with Crippen molar-refractivity contribution in [2.75, 3.05) is 6.54 Å². The van der Waals surface area contributed by atoms with E-state index in [0.717, 1.165) is 37.5 Å². The van der Waals surface area contributed by atoms with Gasteiger partial charge in [0.15, 0.2) is 5.82 Å². The Morgan fingerprint density at radius 2 is 2.12 bits per heavy atom. The molecule has 4 nitrogen and oxygen atoms in total. The third kappa shape index (κ3) is 3.53. The van der Waals surface area contributed by atoms with E-state index in [4.69, 9.17) is 10.3 Å². The van der Waals surface area contributed by atoms with Crippen LogP contribution in [0.1, 0.15) is 57.2 Å². The highest BCUT2D eigenvalue weighted by Crippen LogP contribution is 2.38. The second-order valence-corrected chi connectivity index (χ2v) is 5.44. The van der Waals surface area contributed by atoms with Crippen molar-refractivity contribution in [3.63, 3.8) is 0 Å². The van der Waals surface area contributed by atoms with Gasteiger partial charge in [0.05, 0.1) is 0 Å². The fourth-order valence-corrected chi connectivity index (χ4v) is 2.21. The maximum atomic E-state index is 5.64. The van der Waals surface area contributed by atoms with Gasteiger partial charge in [0.25, 0.3) is 0 Å². The van der Waals surface area contributed by atoms with Crippen molar-refractivity contribution >= 4 is 0 Å². The van der Waals surface area contributed by atoms with E-state index in [0.29, 0.717) is 17.8 Å². The first-order valence-corrected chi connectivity index (χ1v) is 6.73. The molecular weight excluding hydrogens is 214 g/mol. The molecular formula is C13H23N3O. The van der Waals surface area contributed by atoms with Crippen LogP contribution in [0.3, 0.4) is 0 Å². The summed E-state index contributed by atoms with van der Waals surface area (Å²) in [6.07, 6.45) is 5.52. The van der Waals surface area contributed by atoms with Gasteiger partial charge in [-0.05, 0) is 44.1 Å². The van der Waals surface area contributed by atoms with Crippen LogP contribution in [0.2, 0.25) is 0 Å². The van der Waals surface area contributed by atoms with Crippen molar-refractivity contribution in [3.05, 3.63) is 11.7 Å². The lowest BCUT2D eigenvalue weighted by atomic mass is 9.88. The van der Waals surface area contributed by atoms with E-state index >= 15 is 0 Å². The van der Waals surface area contributed by atoms with Gasteiger partial charge < -0.3 is 10.3 Å². The van der Waals surface area contributed by atoms with E-state index < -0.39 is 0 Å². The molecule has 0 amide bonds. The first kappa shape index (κ1) is 12.6. The lowest BCUT2D eigenvalue weighted by Crippen LogP contribution is -2.15. The molecule has 0 saturated heterocycles. The first-order valence-electron chi connectivity index (χ1n) is 6.73. The van der Waals surface area contributed by atoms with Crippen molar-refractivity contribution in [3.8, 4) is 0 Å². The summed E-state index contributed by atoms with van der Waals surface area (Å²) in [7, 11) is 0. The Balaban J connectivity index is 1.82. The zero-order chi connectivity index (χ0) is 12.3. The summed E-state index contributed by atoms with van der Waals surface area (Å²) in [5, 5.41) is 4.04. The molecule has 0 aromatic carbocycles. The summed E-state index contributed by atoms with van der Waals surface area (Å²) in [5.74, 6) is 3.63. The fraction of sp³-hybridized carbons (Fsp3) is 0.846. The van der Waals surface area contributed by atoms with Gasteiger partial charge in [-0.25, -0.2) is 0 Å². The summed E-state index contributed by atoms with van der Waals surface area (Å²) < 4.78 is 5.28. The molecule has 1 aliphatic carbocycles. The highest BCUT2D eigenvalue weighted by molar-refractivity contribution is 5.03. The van der Waals surface area contributed by atoms with Gasteiger partial charge in [-0.2, -0.15) is 4.98 Å². The van der Waals surface area contributed by atoms with E-state index in [9.17, 15) is 0 Å². The highest BCUT2D eigenvalue weighted by Gasteiger charge is 2.28. The number of aromatic nitrogens is 2. The molecule has 2 rings (SSSR count). The molecule has 0 radical (unpaired) electrons. The molecule has 2 N–H and O–H groups in total. The van der Waals surface area contributed by atoms with Crippen LogP contribution in [0.15, 0.2) is 4.52 Å². The molecule has 1 aromatic rings. The summed E-state index contributed by atoms with van der Waals surface area (Å²) in [4.78, 5) is 4.45. The van der Waals surface area contributed by atoms with Crippen LogP contribution in [0.5, 0.6) is 0 Å². The number of hydrogen-bond acceptors (Lipinski definition) is 4. The van der Waals surface area contributed by atoms with Gasteiger partial charge in [0, 0.05) is 12.3 Å². The predicted octanol–water partition coefficient (Wildman–Crippen LogP) is 2.50. The molecule has 1 fully saturated rings. The molecule has 1 atom stereocenters. The zero-order valence-electron chi connectivity index (χ0n) is 10.9. The van der Waals surface area contributed by atoms with E-state index in [1.807, 2.05) is 0 Å². The largest absolute Gasteiger partial charge is 0.339 e. The van der Waals surface area contributed by atoms with Gasteiger partial charge in [0.2, 0.25) is 5.89 Å². The lowest BCUT2D eigenvalue weighted by Gasteiger charge is -2.18. The predicted molar refractivity (Wildman–Crippen MR) is 66.6 cm³/mol. The standard InChI is InChI=1S/C13H23N3O/c1-9(2)10(7-8-14)5-6-12-15-13(16-17-12)11-3-4-11/h9-11H,3-8,14H2,1-2H3. The quantitative estimate of drug-likeness (QED) is 0.791. The van der Waals surface area contributed by atoms with Crippen molar-refractivity contribution in [1.29, 1.82) is 0 Å². The zero-order valence-corrected chi connectivity index (χ0v) is 10.9. The minimum Gasteiger partial charge on any atom is -0.339 e. The second-order valence-electron chi connectivity index (χ2n) is 5.44. The van der Waals surface area contributed by atoms with E-state index in [1.165, 1.54) is 12.8 Å². The molecule has 17 heavy (non-hydrogen) atoms. The van der Waals surface area contributed by atoms with E-state index in [1.54, 1.807) is 0 Å². The topological polar surface area (TPSA) is 64.9 Å². The Kier molecular flexibility index (Phi) is 4.15. The van der Waals surface area contributed by atoms with Crippen LogP contribution in [0.25, 0.3) is 0 Å². The minimum atomic E-state index is 0.581. The summed E-state index contributed by atoms with van der Waals surface area (Å²) in [5.41, 5.74) is 5.64. The Morgan fingerprint density at radius 1 is 1.35 bits per heavy atom. The van der Waals surface area contributed by atoms with Crippen LogP contribution in [0, 0.1) is 11.8 Å². The van der Waals surface area contributed by atoms with Crippen LogP contribution in [-0.2, 0) is 6.42 Å². The maximum Gasteiger partial charge on any atom is 0.226 e. The second kappa shape index (κ2) is 5.63. The molecule has 1 aliphatic rings. The lowest BCUT2D eigenvalue weighted by molar-refractivity contribution is 0.312. The monoisotopic (exact) mass is 237 g/mol. The van der Waals surface area contributed by atoms with E-state index in [2.05, 4.69) is 24.0 Å². The van der Waals surface area contributed by atoms with Gasteiger partial charge in [-0.3, -0.25) is 0 Å². The Hall–Kier alpha value is -0.900. The van der Waals surface area contributed by atoms with Crippen LogP contribution in [-0.4, -0.2) is 16.7 Å². The number of aryl methyl sites for hydroxylation is 1. The molecule has 0 spiro atoms. The average Bonchev–Trinajstić information content (AvgIpc) is 3.04. The Labute approximate surface area is 103 Å². The molecule has 0 aliphatic heterocycles. The smallest absolute Gasteiger partial charge is 0.226 e. The van der Waals surface area contributed by atoms with Gasteiger partial charge in [-0.1, -0.05) is 19.0 Å². The van der Waals surface area contributed by atoms with Crippen LogP contribution >= 0.6 is 0 Å². The average molecular weight is 237 g/mol. The first-order chi connectivity index (χ1) is 8.20. The normalized spacial score (nSPS) is 17.6.